The molecule has 5 nitrogen and oxygen atoms in total. The first-order valence-corrected chi connectivity index (χ1v) is 6.82. The SMILES string of the molecule is CCOC(=O)NC1Cc2[nH]c3ccc(OC)cc3c2C1. The lowest BCUT2D eigenvalue weighted by Crippen LogP contribution is -2.35. The molecule has 20 heavy (non-hydrogen) atoms. The van der Waals surface area contributed by atoms with Gasteiger partial charge in [-0.3, -0.25) is 0 Å². The molecule has 1 aromatic carbocycles. The Bertz CT molecular complexity index is 648. The van der Waals surface area contributed by atoms with Crippen molar-refractivity contribution >= 4 is 17.0 Å². The molecule has 1 aromatic heterocycles. The lowest BCUT2D eigenvalue weighted by molar-refractivity contribution is 0.148. The molecule has 2 N–H and O–H groups in total. The maximum Gasteiger partial charge on any atom is 0.407 e. The summed E-state index contributed by atoms with van der Waals surface area (Å²) in [6.07, 6.45) is 1.29. The molecule has 1 aliphatic rings. The van der Waals surface area contributed by atoms with Crippen LogP contribution >= 0.6 is 0 Å². The van der Waals surface area contributed by atoms with Crippen LogP contribution in [0.2, 0.25) is 0 Å². The number of hydrogen-bond donors (Lipinski definition) is 2. The maximum atomic E-state index is 11.5. The van der Waals surface area contributed by atoms with Gasteiger partial charge >= 0.3 is 6.09 Å². The van der Waals surface area contributed by atoms with E-state index in [1.807, 2.05) is 18.2 Å². The van der Waals surface area contributed by atoms with Crippen molar-refractivity contribution in [3.8, 4) is 5.75 Å². The summed E-state index contributed by atoms with van der Waals surface area (Å²) in [5.41, 5.74) is 3.57. The third-order valence-corrected chi connectivity index (χ3v) is 3.70. The van der Waals surface area contributed by atoms with Gasteiger partial charge in [-0.05, 0) is 37.1 Å². The Morgan fingerprint density at radius 1 is 1.45 bits per heavy atom. The highest BCUT2D eigenvalue weighted by molar-refractivity contribution is 5.87. The lowest BCUT2D eigenvalue weighted by atomic mass is 10.1. The number of nitrogens with one attached hydrogen (secondary N) is 2. The molecule has 0 bridgehead atoms. The quantitative estimate of drug-likeness (QED) is 0.903. The van der Waals surface area contributed by atoms with Crippen LogP contribution in [0.4, 0.5) is 4.79 Å². The predicted molar refractivity (Wildman–Crippen MR) is 76.2 cm³/mol. The number of hydrogen-bond acceptors (Lipinski definition) is 3. The molecule has 2 aromatic rings. The molecule has 0 saturated heterocycles. The largest absolute Gasteiger partial charge is 0.497 e. The molecule has 1 unspecified atom stereocenters. The maximum absolute atomic E-state index is 11.5. The molecule has 5 heteroatoms. The summed E-state index contributed by atoms with van der Waals surface area (Å²) in [5, 5.41) is 4.07. The number of aromatic amines is 1. The number of rotatable bonds is 3. The summed E-state index contributed by atoms with van der Waals surface area (Å²) in [6.45, 7) is 2.19. The van der Waals surface area contributed by atoms with E-state index in [-0.39, 0.29) is 12.1 Å². The Hall–Kier alpha value is -2.17. The van der Waals surface area contributed by atoms with Crippen molar-refractivity contribution in [1.29, 1.82) is 0 Å². The molecule has 1 aliphatic carbocycles. The van der Waals surface area contributed by atoms with Crippen molar-refractivity contribution in [2.45, 2.75) is 25.8 Å². The van der Waals surface area contributed by atoms with Gasteiger partial charge in [-0.2, -0.15) is 0 Å². The van der Waals surface area contributed by atoms with E-state index in [0.29, 0.717) is 6.61 Å². The van der Waals surface area contributed by atoms with Crippen LogP contribution in [0.3, 0.4) is 0 Å². The number of benzene rings is 1. The van der Waals surface area contributed by atoms with Gasteiger partial charge in [0.2, 0.25) is 0 Å². The first-order chi connectivity index (χ1) is 9.71. The zero-order valence-electron chi connectivity index (χ0n) is 11.7. The number of carbonyl (C=O) groups excluding carboxylic acids is 1. The average molecular weight is 274 g/mol. The van der Waals surface area contributed by atoms with Crippen LogP contribution in [0.5, 0.6) is 5.75 Å². The smallest absolute Gasteiger partial charge is 0.407 e. The number of methoxy groups -OCH3 is 1. The molecular formula is C15H18N2O3. The molecule has 1 atom stereocenters. The monoisotopic (exact) mass is 274 g/mol. The third-order valence-electron chi connectivity index (χ3n) is 3.70. The number of aromatic nitrogens is 1. The molecule has 106 valence electrons. The first kappa shape index (κ1) is 12.8. The van der Waals surface area contributed by atoms with Crippen molar-refractivity contribution in [1.82, 2.24) is 10.3 Å². The molecule has 0 fully saturated rings. The van der Waals surface area contributed by atoms with Crippen LogP contribution in [0.15, 0.2) is 18.2 Å². The minimum atomic E-state index is -0.343. The van der Waals surface area contributed by atoms with Crippen LogP contribution in [0.25, 0.3) is 10.9 Å². The Morgan fingerprint density at radius 2 is 2.30 bits per heavy atom. The first-order valence-electron chi connectivity index (χ1n) is 6.82. The van der Waals surface area contributed by atoms with Gasteiger partial charge in [-0.25, -0.2) is 4.79 Å². The van der Waals surface area contributed by atoms with E-state index in [1.165, 1.54) is 16.6 Å². The number of fused-ring (bicyclic) bond motifs is 3. The second kappa shape index (κ2) is 5.07. The van der Waals surface area contributed by atoms with Crippen LogP contribution in [0.1, 0.15) is 18.2 Å². The van der Waals surface area contributed by atoms with Gasteiger partial charge in [0, 0.05) is 29.1 Å². The second-order valence-electron chi connectivity index (χ2n) is 4.96. The number of amides is 1. The number of ether oxygens (including phenoxy) is 2. The third kappa shape index (κ3) is 2.19. The second-order valence-corrected chi connectivity index (χ2v) is 4.96. The van der Waals surface area contributed by atoms with E-state index >= 15 is 0 Å². The summed E-state index contributed by atoms with van der Waals surface area (Å²) in [4.78, 5) is 14.9. The van der Waals surface area contributed by atoms with Crippen LogP contribution in [-0.2, 0) is 17.6 Å². The average Bonchev–Trinajstić information content (AvgIpc) is 2.95. The Balaban J connectivity index is 1.81. The molecule has 1 amide bonds. The van der Waals surface area contributed by atoms with Gasteiger partial charge in [-0.1, -0.05) is 0 Å². The topological polar surface area (TPSA) is 63.3 Å². The highest BCUT2D eigenvalue weighted by Gasteiger charge is 2.27. The zero-order chi connectivity index (χ0) is 14.1. The highest BCUT2D eigenvalue weighted by atomic mass is 16.5. The molecule has 3 rings (SSSR count). The summed E-state index contributed by atoms with van der Waals surface area (Å²) in [7, 11) is 1.67. The van der Waals surface area contributed by atoms with Crippen molar-refractivity contribution in [2.24, 2.45) is 0 Å². The lowest BCUT2D eigenvalue weighted by Gasteiger charge is -2.11. The van der Waals surface area contributed by atoms with Crippen molar-refractivity contribution in [3.05, 3.63) is 29.5 Å². The van der Waals surface area contributed by atoms with E-state index in [1.54, 1.807) is 14.0 Å². The Morgan fingerprint density at radius 3 is 3.05 bits per heavy atom. The summed E-state index contributed by atoms with van der Waals surface area (Å²) in [6, 6.07) is 6.12. The molecule has 0 radical (unpaired) electrons. The van der Waals surface area contributed by atoms with Crippen LogP contribution in [-0.4, -0.2) is 30.8 Å². The fourth-order valence-electron chi connectivity index (χ4n) is 2.82. The van der Waals surface area contributed by atoms with Crippen LogP contribution in [0, 0.1) is 0 Å². The normalized spacial score (nSPS) is 17.0. The molecule has 0 aliphatic heterocycles. The molecule has 1 heterocycles. The van der Waals surface area contributed by atoms with E-state index in [0.717, 1.165) is 24.1 Å². The van der Waals surface area contributed by atoms with Gasteiger partial charge in [-0.15, -0.1) is 0 Å². The summed E-state index contributed by atoms with van der Waals surface area (Å²) >= 11 is 0. The standard InChI is InChI=1S/C15H18N2O3/c1-3-20-15(18)16-9-6-11-12-8-10(19-2)4-5-13(12)17-14(11)7-9/h4-5,8-9,17H,3,6-7H2,1-2H3,(H,16,18). The van der Waals surface area contributed by atoms with Gasteiger partial charge in [0.15, 0.2) is 0 Å². The fraction of sp³-hybridized carbons (Fsp3) is 0.400. The van der Waals surface area contributed by atoms with Crippen molar-refractivity contribution in [3.63, 3.8) is 0 Å². The van der Waals surface area contributed by atoms with Gasteiger partial charge < -0.3 is 19.8 Å². The predicted octanol–water partition coefficient (Wildman–Crippen LogP) is 2.39. The van der Waals surface area contributed by atoms with Crippen LogP contribution < -0.4 is 10.1 Å². The van der Waals surface area contributed by atoms with E-state index < -0.39 is 0 Å². The molecule has 0 spiro atoms. The highest BCUT2D eigenvalue weighted by Crippen LogP contribution is 2.32. The van der Waals surface area contributed by atoms with Crippen molar-refractivity contribution in [2.75, 3.05) is 13.7 Å². The van der Waals surface area contributed by atoms with E-state index in [4.69, 9.17) is 9.47 Å². The number of H-pyrrole nitrogens is 1. The van der Waals surface area contributed by atoms with E-state index in [9.17, 15) is 4.79 Å². The van der Waals surface area contributed by atoms with Crippen molar-refractivity contribution < 1.29 is 14.3 Å². The Labute approximate surface area is 117 Å². The minimum Gasteiger partial charge on any atom is -0.497 e. The number of alkyl carbamates (subject to hydrolysis) is 1. The summed E-state index contributed by atoms with van der Waals surface area (Å²) < 4.78 is 10.2. The van der Waals surface area contributed by atoms with E-state index in [2.05, 4.69) is 10.3 Å². The Kier molecular flexibility index (Phi) is 3.26. The zero-order valence-corrected chi connectivity index (χ0v) is 11.7. The molecule has 0 saturated carbocycles. The van der Waals surface area contributed by atoms with Gasteiger partial charge in [0.25, 0.3) is 0 Å². The molecular weight excluding hydrogens is 256 g/mol. The number of carbonyl (C=O) groups is 1. The van der Waals surface area contributed by atoms with Gasteiger partial charge in [0.1, 0.15) is 5.75 Å². The van der Waals surface area contributed by atoms with Gasteiger partial charge in [0.05, 0.1) is 13.7 Å². The fourth-order valence-corrected chi connectivity index (χ4v) is 2.82. The minimum absolute atomic E-state index is 0.103. The summed E-state index contributed by atoms with van der Waals surface area (Å²) in [5.74, 6) is 0.848.